The molecular weight excluding hydrogens is 270 g/mol. The highest BCUT2D eigenvalue weighted by molar-refractivity contribution is 6.39. The van der Waals surface area contributed by atoms with E-state index in [4.69, 9.17) is 40.5 Å². The second-order valence-corrected chi connectivity index (χ2v) is 4.04. The van der Waals surface area contributed by atoms with E-state index < -0.39 is 0 Å². The number of nitrogens with zero attached hydrogens (tertiary/aromatic N) is 3. The van der Waals surface area contributed by atoms with E-state index in [1.54, 1.807) is 18.2 Å². The number of anilines is 1. The van der Waals surface area contributed by atoms with Crippen LogP contribution in [0, 0.1) is 0 Å². The molecule has 1 aromatic carbocycles. The Kier molecular flexibility index (Phi) is 3.14. The van der Waals surface area contributed by atoms with Gasteiger partial charge in [0.25, 0.3) is 0 Å². The minimum Gasteiger partial charge on any atom is -0.368 e. The van der Waals surface area contributed by atoms with Crippen LogP contribution in [-0.4, -0.2) is 15.0 Å². The minimum atomic E-state index is -0.00140. The molecule has 0 amide bonds. The summed E-state index contributed by atoms with van der Waals surface area (Å²) in [4.78, 5) is 11.5. The number of benzene rings is 1. The summed E-state index contributed by atoms with van der Waals surface area (Å²) < 4.78 is 0. The molecule has 0 spiro atoms. The molecule has 7 heteroatoms. The zero-order chi connectivity index (χ0) is 11.7. The van der Waals surface area contributed by atoms with Gasteiger partial charge >= 0.3 is 0 Å². The van der Waals surface area contributed by atoms with Gasteiger partial charge in [0.1, 0.15) is 0 Å². The predicted octanol–water partition coefficient (Wildman–Crippen LogP) is 3.08. The van der Waals surface area contributed by atoms with Crippen LogP contribution in [-0.2, 0) is 0 Å². The molecule has 0 saturated heterocycles. The van der Waals surface area contributed by atoms with Crippen LogP contribution in [0.4, 0.5) is 5.95 Å². The fourth-order valence-corrected chi connectivity index (χ4v) is 1.92. The van der Waals surface area contributed by atoms with Crippen LogP contribution in [0.1, 0.15) is 0 Å². The third-order valence-electron chi connectivity index (χ3n) is 1.81. The molecule has 4 nitrogen and oxygen atoms in total. The van der Waals surface area contributed by atoms with E-state index in [0.717, 1.165) is 0 Å². The summed E-state index contributed by atoms with van der Waals surface area (Å²) in [5.41, 5.74) is 5.95. The molecule has 1 heterocycles. The van der Waals surface area contributed by atoms with Crippen molar-refractivity contribution in [3.63, 3.8) is 0 Å². The maximum absolute atomic E-state index is 6.00. The molecule has 2 aromatic rings. The Labute approximate surface area is 106 Å². The molecule has 0 aliphatic heterocycles. The molecular formula is C9H5Cl3N4. The van der Waals surface area contributed by atoms with Gasteiger partial charge in [0, 0.05) is 0 Å². The summed E-state index contributed by atoms with van der Waals surface area (Å²) in [5.74, 6) is 0.277. The van der Waals surface area contributed by atoms with E-state index in [9.17, 15) is 0 Å². The van der Waals surface area contributed by atoms with Crippen molar-refractivity contribution >= 4 is 40.8 Å². The number of nitrogens with two attached hydrogens (primary N) is 1. The van der Waals surface area contributed by atoms with Crippen LogP contribution in [0.15, 0.2) is 18.2 Å². The second-order valence-electron chi connectivity index (χ2n) is 2.88. The van der Waals surface area contributed by atoms with Gasteiger partial charge in [0.15, 0.2) is 5.82 Å². The van der Waals surface area contributed by atoms with Crippen molar-refractivity contribution in [1.82, 2.24) is 15.0 Å². The number of hydrogen-bond donors (Lipinski definition) is 1. The Morgan fingerprint density at radius 3 is 2.12 bits per heavy atom. The van der Waals surface area contributed by atoms with E-state index in [0.29, 0.717) is 15.6 Å². The average Bonchev–Trinajstić information content (AvgIpc) is 2.15. The van der Waals surface area contributed by atoms with Crippen molar-refractivity contribution in [3.05, 3.63) is 33.5 Å². The van der Waals surface area contributed by atoms with E-state index in [1.807, 2.05) is 0 Å². The van der Waals surface area contributed by atoms with Crippen LogP contribution in [0.25, 0.3) is 11.4 Å². The van der Waals surface area contributed by atoms with E-state index >= 15 is 0 Å². The standard InChI is InChI=1S/C9H5Cl3N4/c10-4-2-1-3-5(11)6(4)7-14-8(12)16-9(13)15-7/h1-3H,(H2,13,14,15,16). The zero-order valence-corrected chi connectivity index (χ0v) is 10.1. The Bertz CT molecular complexity index is 504. The predicted molar refractivity (Wildman–Crippen MR) is 64.7 cm³/mol. The highest BCUT2D eigenvalue weighted by Gasteiger charge is 2.12. The molecule has 16 heavy (non-hydrogen) atoms. The monoisotopic (exact) mass is 274 g/mol. The van der Waals surface area contributed by atoms with Gasteiger partial charge in [-0.3, -0.25) is 0 Å². The zero-order valence-electron chi connectivity index (χ0n) is 7.78. The van der Waals surface area contributed by atoms with Gasteiger partial charge in [-0.1, -0.05) is 29.3 Å². The van der Waals surface area contributed by atoms with Crippen molar-refractivity contribution in [2.75, 3.05) is 5.73 Å². The molecule has 0 bridgehead atoms. The van der Waals surface area contributed by atoms with Gasteiger partial charge in [-0.05, 0) is 23.7 Å². The number of aromatic nitrogens is 3. The molecule has 0 atom stereocenters. The van der Waals surface area contributed by atoms with Crippen molar-refractivity contribution in [2.45, 2.75) is 0 Å². The molecule has 0 unspecified atom stereocenters. The summed E-state index contributed by atoms with van der Waals surface area (Å²) in [6.45, 7) is 0. The average molecular weight is 276 g/mol. The molecule has 1 aromatic heterocycles. The lowest BCUT2D eigenvalue weighted by atomic mass is 10.2. The molecule has 2 N–H and O–H groups in total. The topological polar surface area (TPSA) is 64.7 Å². The summed E-state index contributed by atoms with van der Waals surface area (Å²) in [7, 11) is 0. The van der Waals surface area contributed by atoms with Crippen LogP contribution >= 0.6 is 34.8 Å². The third-order valence-corrected chi connectivity index (χ3v) is 2.61. The second kappa shape index (κ2) is 4.41. The van der Waals surface area contributed by atoms with E-state index in [1.165, 1.54) is 0 Å². The Morgan fingerprint density at radius 1 is 0.938 bits per heavy atom. The van der Waals surface area contributed by atoms with Gasteiger partial charge < -0.3 is 5.73 Å². The fourth-order valence-electron chi connectivity index (χ4n) is 1.19. The third kappa shape index (κ3) is 2.19. The quantitative estimate of drug-likeness (QED) is 0.868. The first kappa shape index (κ1) is 11.4. The minimum absolute atomic E-state index is 0.00140. The first-order chi connectivity index (χ1) is 7.58. The Balaban J connectivity index is 2.67. The maximum Gasteiger partial charge on any atom is 0.227 e. The van der Waals surface area contributed by atoms with Crippen LogP contribution < -0.4 is 5.73 Å². The number of halogens is 3. The largest absolute Gasteiger partial charge is 0.368 e. The maximum atomic E-state index is 6.00. The number of rotatable bonds is 1. The number of nitrogen functional groups attached to an aromatic ring is 1. The molecule has 0 radical (unpaired) electrons. The molecule has 82 valence electrons. The van der Waals surface area contributed by atoms with Gasteiger partial charge in [-0.15, -0.1) is 0 Å². The van der Waals surface area contributed by atoms with Gasteiger partial charge in [-0.2, -0.15) is 15.0 Å². The lowest BCUT2D eigenvalue weighted by Crippen LogP contribution is -2.00. The van der Waals surface area contributed by atoms with Crippen LogP contribution in [0.5, 0.6) is 0 Å². The Hall–Kier alpha value is -1.10. The fraction of sp³-hybridized carbons (Fsp3) is 0. The van der Waals surface area contributed by atoms with E-state index in [-0.39, 0.29) is 17.1 Å². The summed E-state index contributed by atoms with van der Waals surface area (Å²) in [6, 6.07) is 5.08. The highest BCUT2D eigenvalue weighted by Crippen LogP contribution is 2.32. The van der Waals surface area contributed by atoms with Crippen molar-refractivity contribution in [1.29, 1.82) is 0 Å². The van der Waals surface area contributed by atoms with Crippen LogP contribution in [0.2, 0.25) is 15.3 Å². The Morgan fingerprint density at radius 2 is 1.56 bits per heavy atom. The summed E-state index contributed by atoms with van der Waals surface area (Å²) in [5, 5.41) is 0.849. The number of hydrogen-bond acceptors (Lipinski definition) is 4. The SMILES string of the molecule is Nc1nc(Cl)nc(-c2c(Cl)cccc2Cl)n1. The lowest BCUT2D eigenvalue weighted by Gasteiger charge is -2.05. The summed E-state index contributed by atoms with van der Waals surface area (Å²) in [6.07, 6.45) is 0. The lowest BCUT2D eigenvalue weighted by molar-refractivity contribution is 1.07. The molecule has 0 aliphatic rings. The molecule has 0 saturated carbocycles. The molecule has 2 rings (SSSR count). The highest BCUT2D eigenvalue weighted by atomic mass is 35.5. The van der Waals surface area contributed by atoms with Gasteiger partial charge in [-0.25, -0.2) is 0 Å². The van der Waals surface area contributed by atoms with Crippen molar-refractivity contribution in [3.8, 4) is 11.4 Å². The van der Waals surface area contributed by atoms with Gasteiger partial charge in [0.2, 0.25) is 11.2 Å². The smallest absolute Gasteiger partial charge is 0.227 e. The van der Waals surface area contributed by atoms with Crippen molar-refractivity contribution in [2.24, 2.45) is 0 Å². The van der Waals surface area contributed by atoms with E-state index in [2.05, 4.69) is 15.0 Å². The summed E-state index contributed by atoms with van der Waals surface area (Å²) >= 11 is 17.7. The first-order valence-corrected chi connectivity index (χ1v) is 5.33. The molecule has 0 fully saturated rings. The van der Waals surface area contributed by atoms with Gasteiger partial charge in [0.05, 0.1) is 15.6 Å². The van der Waals surface area contributed by atoms with Crippen molar-refractivity contribution < 1.29 is 0 Å². The normalized spacial score (nSPS) is 10.4. The van der Waals surface area contributed by atoms with Crippen LogP contribution in [0.3, 0.4) is 0 Å². The molecule has 0 aliphatic carbocycles. The first-order valence-electron chi connectivity index (χ1n) is 4.19.